The summed E-state index contributed by atoms with van der Waals surface area (Å²) in [6.07, 6.45) is 3.55. The number of nitrogens with zero attached hydrogens (tertiary/aromatic N) is 4. The van der Waals surface area contributed by atoms with Crippen LogP contribution in [0.4, 0.5) is 5.13 Å². The Morgan fingerprint density at radius 2 is 2.16 bits per heavy atom. The van der Waals surface area contributed by atoms with Crippen LogP contribution in [0.25, 0.3) is 10.5 Å². The molecular formula is C18H19N5OS. The summed E-state index contributed by atoms with van der Waals surface area (Å²) >= 11 is 1.51. The first kappa shape index (κ1) is 16.0. The summed E-state index contributed by atoms with van der Waals surface area (Å²) in [5, 5.41) is 3.88. The molecular weight excluding hydrogens is 334 g/mol. The second kappa shape index (κ2) is 6.76. The molecule has 1 fully saturated rings. The molecule has 4 rings (SSSR count). The highest BCUT2D eigenvalue weighted by Gasteiger charge is 2.32. The Labute approximate surface area is 149 Å². The van der Waals surface area contributed by atoms with Crippen LogP contribution in [0, 0.1) is 6.92 Å². The van der Waals surface area contributed by atoms with Crippen LogP contribution >= 0.6 is 11.3 Å². The van der Waals surface area contributed by atoms with Crippen LogP contribution in [0.2, 0.25) is 0 Å². The lowest BCUT2D eigenvalue weighted by Gasteiger charge is -2.23. The highest BCUT2D eigenvalue weighted by atomic mass is 32.1. The molecule has 25 heavy (non-hydrogen) atoms. The Balaban J connectivity index is 1.50. The number of hydrogen-bond donors (Lipinski definition) is 1. The highest BCUT2D eigenvalue weighted by Crippen LogP contribution is 2.31. The van der Waals surface area contributed by atoms with Gasteiger partial charge in [0.05, 0.1) is 11.9 Å². The molecule has 1 amide bonds. The van der Waals surface area contributed by atoms with Crippen LogP contribution in [0.15, 0.2) is 36.5 Å². The summed E-state index contributed by atoms with van der Waals surface area (Å²) in [5.41, 5.74) is 2.63. The van der Waals surface area contributed by atoms with Gasteiger partial charge in [0.15, 0.2) is 15.6 Å². The van der Waals surface area contributed by atoms with Gasteiger partial charge in [-0.3, -0.25) is 4.79 Å². The number of amides is 1. The van der Waals surface area contributed by atoms with E-state index in [9.17, 15) is 4.79 Å². The molecule has 1 saturated heterocycles. The predicted molar refractivity (Wildman–Crippen MR) is 98.6 cm³/mol. The fourth-order valence-corrected chi connectivity index (χ4v) is 4.11. The number of fused-ring (bicyclic) bond motifs is 1. The van der Waals surface area contributed by atoms with Gasteiger partial charge in [0.2, 0.25) is 5.91 Å². The maximum Gasteiger partial charge on any atom is 0.243 e. The first-order chi connectivity index (χ1) is 12.2. The van der Waals surface area contributed by atoms with Crippen molar-refractivity contribution in [3.8, 4) is 0 Å². The van der Waals surface area contributed by atoms with Crippen LogP contribution in [-0.2, 0) is 11.3 Å². The van der Waals surface area contributed by atoms with Crippen molar-refractivity contribution in [2.45, 2.75) is 32.4 Å². The summed E-state index contributed by atoms with van der Waals surface area (Å²) in [6.45, 7) is 3.30. The topological polar surface area (TPSA) is 71.0 Å². The standard InChI is InChI=1S/C18H19N5OS/c1-12-10-19-15-17(21-12)25-18(22-15)23-9-5-8-14(23)16(24)20-11-13-6-3-2-4-7-13/h2-4,6-7,10,14H,5,8-9,11H2,1H3,(H,20,24). The highest BCUT2D eigenvalue weighted by molar-refractivity contribution is 7.21. The van der Waals surface area contributed by atoms with Crippen molar-refractivity contribution in [2.24, 2.45) is 0 Å². The van der Waals surface area contributed by atoms with Crippen LogP contribution in [0.1, 0.15) is 24.1 Å². The summed E-state index contributed by atoms with van der Waals surface area (Å²) in [5.74, 6) is 0.0534. The van der Waals surface area contributed by atoms with Gasteiger partial charge >= 0.3 is 0 Å². The molecule has 0 aliphatic carbocycles. The van der Waals surface area contributed by atoms with Crippen molar-refractivity contribution in [3.63, 3.8) is 0 Å². The first-order valence-corrected chi connectivity index (χ1v) is 9.21. The number of rotatable bonds is 4. The smallest absolute Gasteiger partial charge is 0.243 e. The van der Waals surface area contributed by atoms with Crippen molar-refractivity contribution in [2.75, 3.05) is 11.4 Å². The molecule has 0 radical (unpaired) electrons. The third-order valence-corrected chi connectivity index (χ3v) is 5.32. The predicted octanol–water partition coefficient (Wildman–Crippen LogP) is 2.68. The maximum absolute atomic E-state index is 12.7. The number of carbonyl (C=O) groups excluding carboxylic acids is 1. The van der Waals surface area contributed by atoms with E-state index in [-0.39, 0.29) is 11.9 Å². The van der Waals surface area contributed by atoms with Gasteiger partial charge in [-0.05, 0) is 25.3 Å². The second-order valence-electron chi connectivity index (χ2n) is 6.19. The zero-order chi connectivity index (χ0) is 17.2. The van der Waals surface area contributed by atoms with Crippen LogP contribution < -0.4 is 10.2 Å². The Kier molecular flexibility index (Phi) is 4.31. The first-order valence-electron chi connectivity index (χ1n) is 8.39. The summed E-state index contributed by atoms with van der Waals surface area (Å²) in [7, 11) is 0. The molecule has 1 atom stereocenters. The average Bonchev–Trinajstić information content (AvgIpc) is 3.26. The third-order valence-electron chi connectivity index (χ3n) is 4.34. The number of carbonyl (C=O) groups is 1. The monoisotopic (exact) mass is 353 g/mol. The fraction of sp³-hybridized carbons (Fsp3) is 0.333. The van der Waals surface area contributed by atoms with Crippen LogP contribution in [0.5, 0.6) is 0 Å². The quantitative estimate of drug-likeness (QED) is 0.781. The van der Waals surface area contributed by atoms with E-state index >= 15 is 0 Å². The molecule has 3 aromatic rings. The molecule has 1 unspecified atom stereocenters. The van der Waals surface area contributed by atoms with Gasteiger partial charge in [-0.15, -0.1) is 0 Å². The van der Waals surface area contributed by atoms with Gasteiger partial charge in [0, 0.05) is 13.1 Å². The summed E-state index contributed by atoms with van der Waals surface area (Å²) in [6, 6.07) is 9.78. The number of aryl methyl sites for hydroxylation is 1. The minimum atomic E-state index is -0.176. The molecule has 7 heteroatoms. The fourth-order valence-electron chi connectivity index (χ4n) is 3.09. The minimum Gasteiger partial charge on any atom is -0.350 e. The van der Waals surface area contributed by atoms with Gasteiger partial charge in [0.25, 0.3) is 0 Å². The van der Waals surface area contributed by atoms with Crippen LogP contribution in [-0.4, -0.2) is 33.4 Å². The molecule has 128 valence electrons. The van der Waals surface area contributed by atoms with Gasteiger partial charge in [0.1, 0.15) is 6.04 Å². The van der Waals surface area contributed by atoms with Gasteiger partial charge in [-0.2, -0.15) is 4.98 Å². The lowest BCUT2D eigenvalue weighted by atomic mass is 10.2. The number of benzene rings is 1. The van der Waals surface area contributed by atoms with E-state index in [1.165, 1.54) is 11.3 Å². The maximum atomic E-state index is 12.7. The van der Waals surface area contributed by atoms with E-state index in [4.69, 9.17) is 0 Å². The largest absolute Gasteiger partial charge is 0.350 e. The lowest BCUT2D eigenvalue weighted by molar-refractivity contribution is -0.122. The second-order valence-corrected chi connectivity index (χ2v) is 7.15. The van der Waals surface area contributed by atoms with Crippen molar-refractivity contribution >= 4 is 32.9 Å². The van der Waals surface area contributed by atoms with Gasteiger partial charge in [-0.1, -0.05) is 41.7 Å². The zero-order valence-electron chi connectivity index (χ0n) is 14.0. The summed E-state index contributed by atoms with van der Waals surface area (Å²) in [4.78, 5) is 29.0. The molecule has 0 bridgehead atoms. The Morgan fingerprint density at radius 1 is 1.32 bits per heavy atom. The SMILES string of the molecule is Cc1cnc2nc(N3CCCC3C(=O)NCc3ccccc3)sc2n1. The van der Waals surface area contributed by atoms with E-state index in [1.807, 2.05) is 37.3 Å². The van der Waals surface area contributed by atoms with Gasteiger partial charge in [-0.25, -0.2) is 9.97 Å². The molecule has 0 saturated carbocycles. The van der Waals surface area contributed by atoms with E-state index in [0.717, 1.165) is 40.6 Å². The van der Waals surface area contributed by atoms with Gasteiger partial charge < -0.3 is 10.2 Å². The number of hydrogen-bond acceptors (Lipinski definition) is 6. The average molecular weight is 353 g/mol. The molecule has 6 nitrogen and oxygen atoms in total. The number of aromatic nitrogens is 3. The normalized spacial score (nSPS) is 17.2. The van der Waals surface area contributed by atoms with E-state index in [2.05, 4.69) is 25.2 Å². The number of nitrogens with one attached hydrogen (secondary N) is 1. The molecule has 1 aromatic carbocycles. The molecule has 2 aromatic heterocycles. The minimum absolute atomic E-state index is 0.0534. The third kappa shape index (κ3) is 3.32. The Morgan fingerprint density at radius 3 is 3.00 bits per heavy atom. The molecule has 1 aliphatic heterocycles. The van der Waals surface area contributed by atoms with Crippen molar-refractivity contribution in [1.82, 2.24) is 20.3 Å². The molecule has 3 heterocycles. The lowest BCUT2D eigenvalue weighted by Crippen LogP contribution is -2.43. The van der Waals surface area contributed by atoms with E-state index < -0.39 is 0 Å². The van der Waals surface area contributed by atoms with Crippen LogP contribution in [0.3, 0.4) is 0 Å². The zero-order valence-corrected chi connectivity index (χ0v) is 14.8. The molecule has 1 N–H and O–H groups in total. The van der Waals surface area contributed by atoms with Crippen molar-refractivity contribution in [3.05, 3.63) is 47.8 Å². The van der Waals surface area contributed by atoms with Crippen molar-refractivity contribution in [1.29, 1.82) is 0 Å². The Hall–Kier alpha value is -2.54. The number of anilines is 1. The molecule has 1 aliphatic rings. The Bertz CT molecular complexity index is 895. The summed E-state index contributed by atoms with van der Waals surface area (Å²) < 4.78 is 0. The van der Waals surface area contributed by atoms with Crippen molar-refractivity contribution < 1.29 is 4.79 Å². The van der Waals surface area contributed by atoms with E-state index in [0.29, 0.717) is 12.2 Å². The molecule has 0 spiro atoms. The van der Waals surface area contributed by atoms with E-state index in [1.54, 1.807) is 6.20 Å². The number of thiazole rings is 1.